The number of nitrogens with one attached hydrogen (secondary N) is 3. The topological polar surface area (TPSA) is 88.7 Å². The zero-order valence-corrected chi connectivity index (χ0v) is 13.3. The number of benzene rings is 1. The van der Waals surface area contributed by atoms with E-state index in [0.717, 1.165) is 5.56 Å². The van der Waals surface area contributed by atoms with E-state index < -0.39 is 23.6 Å². The first-order chi connectivity index (χ1) is 10.3. The fraction of sp³-hybridized carbons (Fsp3) is 0.467. The zero-order chi connectivity index (χ0) is 16.6. The van der Waals surface area contributed by atoms with Crippen LogP contribution in [0.25, 0.3) is 0 Å². The fourth-order valence-corrected chi connectivity index (χ4v) is 1.44. The van der Waals surface area contributed by atoms with Crippen LogP contribution in [0.5, 0.6) is 0 Å². The van der Waals surface area contributed by atoms with Crippen molar-refractivity contribution in [1.82, 2.24) is 16.3 Å². The van der Waals surface area contributed by atoms with Crippen LogP contribution in [0.15, 0.2) is 30.3 Å². The number of alkyl carbamates (subject to hydrolysis) is 1. The molecule has 0 bridgehead atoms. The fourth-order valence-electron chi connectivity index (χ4n) is 1.44. The summed E-state index contributed by atoms with van der Waals surface area (Å²) in [5, 5.41) is 2.43. The predicted molar refractivity (Wildman–Crippen MR) is 81.3 cm³/mol. The lowest BCUT2D eigenvalue weighted by molar-refractivity contribution is -0.129. The highest BCUT2D eigenvalue weighted by molar-refractivity contribution is 5.84. The Hall–Kier alpha value is -2.12. The maximum Gasteiger partial charge on any atom is 0.408 e. The number of ether oxygens (including phenoxy) is 1. The van der Waals surface area contributed by atoms with E-state index in [2.05, 4.69) is 16.3 Å². The number of hydrazine groups is 1. The molecule has 0 aliphatic rings. The molecule has 0 saturated carbocycles. The van der Waals surface area contributed by atoms with Gasteiger partial charge in [-0.2, -0.15) is 0 Å². The van der Waals surface area contributed by atoms with E-state index in [4.69, 9.17) is 9.57 Å². The first-order valence-corrected chi connectivity index (χ1v) is 6.98. The smallest absolute Gasteiger partial charge is 0.408 e. The minimum Gasteiger partial charge on any atom is -0.444 e. The van der Waals surface area contributed by atoms with E-state index >= 15 is 0 Å². The highest BCUT2D eigenvalue weighted by Crippen LogP contribution is 2.06. The highest BCUT2D eigenvalue weighted by Gasteiger charge is 2.20. The number of rotatable bonds is 6. The van der Waals surface area contributed by atoms with Crippen LogP contribution in [0.1, 0.15) is 33.3 Å². The molecule has 2 amide bonds. The first-order valence-electron chi connectivity index (χ1n) is 6.98. The number of hydrogen-bond donors (Lipinski definition) is 3. The molecule has 0 fully saturated rings. The van der Waals surface area contributed by atoms with Crippen molar-refractivity contribution in [3.05, 3.63) is 35.9 Å². The van der Waals surface area contributed by atoms with Crippen molar-refractivity contribution in [2.24, 2.45) is 0 Å². The van der Waals surface area contributed by atoms with Crippen molar-refractivity contribution < 1.29 is 19.2 Å². The largest absolute Gasteiger partial charge is 0.444 e. The van der Waals surface area contributed by atoms with E-state index in [1.807, 2.05) is 30.3 Å². The molecule has 0 radical (unpaired) electrons. The van der Waals surface area contributed by atoms with Gasteiger partial charge in [0, 0.05) is 0 Å². The summed E-state index contributed by atoms with van der Waals surface area (Å²) in [6, 6.07) is 8.73. The molecule has 22 heavy (non-hydrogen) atoms. The van der Waals surface area contributed by atoms with Gasteiger partial charge in [-0.1, -0.05) is 30.3 Å². The van der Waals surface area contributed by atoms with Gasteiger partial charge in [-0.25, -0.2) is 4.79 Å². The Labute approximate surface area is 130 Å². The molecule has 1 unspecified atom stereocenters. The van der Waals surface area contributed by atoms with Gasteiger partial charge in [0.05, 0.1) is 6.61 Å². The molecular weight excluding hydrogens is 286 g/mol. The SMILES string of the molecule is CC(NC(=O)OC(C)(C)C)C(=O)NNOCc1ccccc1. The summed E-state index contributed by atoms with van der Waals surface area (Å²) >= 11 is 0. The molecule has 0 aliphatic heterocycles. The molecule has 3 N–H and O–H groups in total. The van der Waals surface area contributed by atoms with Gasteiger partial charge in [0.1, 0.15) is 11.6 Å². The molecular formula is C15H23N3O4. The minimum atomic E-state index is -0.761. The van der Waals surface area contributed by atoms with Gasteiger partial charge in [0.2, 0.25) is 0 Å². The Morgan fingerprint density at radius 2 is 1.82 bits per heavy atom. The third-order valence-electron chi connectivity index (χ3n) is 2.45. The van der Waals surface area contributed by atoms with Gasteiger partial charge in [0.25, 0.3) is 5.91 Å². The summed E-state index contributed by atoms with van der Waals surface area (Å²) in [7, 11) is 0. The Morgan fingerprint density at radius 3 is 2.41 bits per heavy atom. The first kappa shape index (κ1) is 17.9. The average molecular weight is 309 g/mol. The molecule has 7 nitrogen and oxygen atoms in total. The van der Waals surface area contributed by atoms with Crippen LogP contribution in [0.3, 0.4) is 0 Å². The Kier molecular flexibility index (Phi) is 6.81. The summed E-state index contributed by atoms with van der Waals surface area (Å²) in [6.07, 6.45) is -0.652. The van der Waals surface area contributed by atoms with E-state index in [1.54, 1.807) is 20.8 Å². The second-order valence-corrected chi connectivity index (χ2v) is 5.73. The van der Waals surface area contributed by atoms with Crippen molar-refractivity contribution in [3.8, 4) is 0 Å². The second kappa shape index (κ2) is 8.35. The van der Waals surface area contributed by atoms with Gasteiger partial charge < -0.3 is 10.1 Å². The van der Waals surface area contributed by atoms with E-state index in [-0.39, 0.29) is 0 Å². The van der Waals surface area contributed by atoms with Crippen LogP contribution in [0.2, 0.25) is 0 Å². The molecule has 1 rings (SSSR count). The quantitative estimate of drug-likeness (QED) is 0.549. The second-order valence-electron chi connectivity index (χ2n) is 5.73. The van der Waals surface area contributed by atoms with Gasteiger partial charge >= 0.3 is 6.09 Å². The molecule has 1 aromatic carbocycles. The van der Waals surface area contributed by atoms with Crippen LogP contribution in [-0.4, -0.2) is 23.6 Å². The maximum absolute atomic E-state index is 11.7. The standard InChI is InChI=1S/C15H23N3O4/c1-11(16-14(20)22-15(2,3)4)13(19)17-18-21-10-12-8-6-5-7-9-12/h5-9,11,18H,10H2,1-4H3,(H,16,20)(H,17,19). The number of hydrogen-bond acceptors (Lipinski definition) is 5. The van der Waals surface area contributed by atoms with Crippen LogP contribution < -0.4 is 16.3 Å². The van der Waals surface area contributed by atoms with Gasteiger partial charge in [-0.15, -0.1) is 5.59 Å². The van der Waals surface area contributed by atoms with Crippen LogP contribution in [-0.2, 0) is 21.0 Å². The minimum absolute atomic E-state index is 0.301. The normalized spacial score (nSPS) is 12.4. The summed E-state index contributed by atoms with van der Waals surface area (Å²) in [4.78, 5) is 28.4. The van der Waals surface area contributed by atoms with Gasteiger partial charge in [0.15, 0.2) is 0 Å². The van der Waals surface area contributed by atoms with Gasteiger partial charge in [-0.3, -0.25) is 15.1 Å². The predicted octanol–water partition coefficient (Wildman–Crippen LogP) is 1.65. The van der Waals surface area contributed by atoms with Crippen LogP contribution in [0.4, 0.5) is 4.79 Å². The van der Waals surface area contributed by atoms with Crippen molar-refractivity contribution in [2.45, 2.75) is 45.9 Å². The van der Waals surface area contributed by atoms with Crippen LogP contribution >= 0.6 is 0 Å². The lowest BCUT2D eigenvalue weighted by atomic mass is 10.2. The van der Waals surface area contributed by atoms with Crippen LogP contribution in [0, 0.1) is 0 Å². The number of carbonyl (C=O) groups excluding carboxylic acids is 2. The molecule has 0 aromatic heterocycles. The lowest BCUT2D eigenvalue weighted by Gasteiger charge is -2.21. The molecule has 1 aromatic rings. The third-order valence-corrected chi connectivity index (χ3v) is 2.45. The number of carbonyl (C=O) groups is 2. The molecule has 0 saturated heterocycles. The molecule has 122 valence electrons. The highest BCUT2D eigenvalue weighted by atomic mass is 16.7. The summed E-state index contributed by atoms with van der Waals surface area (Å²) in [5.41, 5.74) is 5.03. The Balaban J connectivity index is 2.22. The van der Waals surface area contributed by atoms with Crippen molar-refractivity contribution in [1.29, 1.82) is 0 Å². The Bertz CT molecular complexity index is 485. The molecule has 7 heteroatoms. The average Bonchev–Trinajstić information content (AvgIpc) is 2.42. The monoisotopic (exact) mass is 309 g/mol. The van der Waals surface area contributed by atoms with Crippen molar-refractivity contribution in [2.75, 3.05) is 0 Å². The third kappa shape index (κ3) is 7.61. The number of amides is 2. The molecule has 0 aliphatic carbocycles. The van der Waals surface area contributed by atoms with Gasteiger partial charge in [-0.05, 0) is 33.3 Å². The summed E-state index contributed by atoms with van der Waals surface area (Å²) in [5.74, 6) is -0.445. The lowest BCUT2D eigenvalue weighted by Crippen LogP contribution is -2.50. The summed E-state index contributed by atoms with van der Waals surface area (Å²) in [6.45, 7) is 7.08. The zero-order valence-electron chi connectivity index (χ0n) is 13.3. The van der Waals surface area contributed by atoms with Crippen molar-refractivity contribution in [3.63, 3.8) is 0 Å². The molecule has 0 spiro atoms. The van der Waals surface area contributed by atoms with E-state index in [0.29, 0.717) is 6.61 Å². The molecule has 1 atom stereocenters. The van der Waals surface area contributed by atoms with Crippen molar-refractivity contribution >= 4 is 12.0 Å². The Morgan fingerprint density at radius 1 is 1.18 bits per heavy atom. The van der Waals surface area contributed by atoms with E-state index in [1.165, 1.54) is 6.92 Å². The molecule has 0 heterocycles. The summed E-state index contributed by atoms with van der Waals surface area (Å²) < 4.78 is 5.06. The maximum atomic E-state index is 11.7. The van der Waals surface area contributed by atoms with E-state index in [9.17, 15) is 9.59 Å².